The highest BCUT2D eigenvalue weighted by atomic mass is 127. The van der Waals surface area contributed by atoms with Gasteiger partial charge in [0.15, 0.2) is 11.3 Å². The molecule has 0 amide bonds. The Balaban J connectivity index is 3.68. The van der Waals surface area contributed by atoms with E-state index in [-0.39, 0.29) is 11.3 Å². The van der Waals surface area contributed by atoms with Gasteiger partial charge in [-0.25, -0.2) is 0 Å². The number of hydrogen-bond donors (Lipinski definition) is 1. The van der Waals surface area contributed by atoms with Crippen molar-refractivity contribution in [2.45, 2.75) is 0 Å². The zero-order chi connectivity index (χ0) is 9.30. The van der Waals surface area contributed by atoms with Crippen LogP contribution in [0.25, 0.3) is 0 Å². The number of nitrogens with zero attached hydrogens (tertiary/aromatic N) is 2. The van der Waals surface area contributed by atoms with Crippen molar-refractivity contribution in [1.29, 1.82) is 5.26 Å². The van der Waals surface area contributed by atoms with Crippen LogP contribution < -0.4 is 5.56 Å². The topological polar surface area (TPSA) is 66.0 Å². The summed E-state index contributed by atoms with van der Waals surface area (Å²) in [5.41, 5.74) is -0.681. The van der Waals surface area contributed by atoms with Gasteiger partial charge in [-0.05, 0) is 22.6 Å². The lowest BCUT2D eigenvalue weighted by Gasteiger charge is -2.01. The number of pyridine rings is 1. The number of aromatic hydroxyl groups is 1. The van der Waals surface area contributed by atoms with Crippen molar-refractivity contribution in [3.63, 3.8) is 0 Å². The molecule has 62 valence electrons. The zero-order valence-electron chi connectivity index (χ0n) is 6.21. The van der Waals surface area contributed by atoms with Gasteiger partial charge >= 0.3 is 0 Å². The lowest BCUT2D eigenvalue weighted by Crippen LogP contribution is -2.19. The maximum absolute atomic E-state index is 11.1. The number of hydrogen-bond acceptors (Lipinski definition) is 3. The summed E-state index contributed by atoms with van der Waals surface area (Å²) in [7, 11) is 1.53. The van der Waals surface area contributed by atoms with E-state index in [4.69, 9.17) is 5.26 Å². The van der Waals surface area contributed by atoms with Gasteiger partial charge in [0.2, 0.25) is 0 Å². The molecule has 0 spiro atoms. The first-order valence-corrected chi connectivity index (χ1v) is 4.14. The van der Waals surface area contributed by atoms with E-state index in [9.17, 15) is 9.90 Å². The van der Waals surface area contributed by atoms with E-state index >= 15 is 0 Å². The van der Waals surface area contributed by atoms with Gasteiger partial charge in [-0.3, -0.25) is 4.79 Å². The minimum atomic E-state index is -0.476. The first kappa shape index (κ1) is 9.06. The smallest absolute Gasteiger partial charge is 0.272 e. The predicted molar refractivity (Wildman–Crippen MR) is 50.8 cm³/mol. The molecule has 0 bridgehead atoms. The molecule has 1 aromatic rings. The van der Waals surface area contributed by atoms with Gasteiger partial charge < -0.3 is 9.67 Å². The normalized spacial score (nSPS) is 9.42. The summed E-state index contributed by atoms with van der Waals surface area (Å²) in [6.45, 7) is 0. The molecule has 0 saturated heterocycles. The number of aryl methyl sites for hydroxylation is 1. The lowest BCUT2D eigenvalue weighted by atomic mass is 10.3. The predicted octanol–water partition coefficient (Wildman–Crippen LogP) is 0.567. The van der Waals surface area contributed by atoms with Crippen molar-refractivity contribution in [3.05, 3.63) is 25.7 Å². The maximum Gasteiger partial charge on any atom is 0.272 e. The Morgan fingerprint density at radius 3 is 2.83 bits per heavy atom. The van der Waals surface area contributed by atoms with Gasteiger partial charge in [-0.2, -0.15) is 5.26 Å². The molecule has 0 saturated carbocycles. The summed E-state index contributed by atoms with van der Waals surface area (Å²) >= 11 is 1.85. The van der Waals surface area contributed by atoms with Gasteiger partial charge in [-0.1, -0.05) is 0 Å². The molecule has 1 N–H and O–H groups in total. The number of rotatable bonds is 0. The highest BCUT2D eigenvalue weighted by molar-refractivity contribution is 14.1. The van der Waals surface area contributed by atoms with Crippen LogP contribution in [0.15, 0.2) is 11.0 Å². The maximum atomic E-state index is 11.1. The van der Waals surface area contributed by atoms with Crippen molar-refractivity contribution in [3.8, 4) is 11.8 Å². The summed E-state index contributed by atoms with van der Waals surface area (Å²) in [5.74, 6) is -0.235. The molecular weight excluding hydrogens is 271 g/mol. The molecule has 0 aliphatic heterocycles. The van der Waals surface area contributed by atoms with Crippen LogP contribution >= 0.6 is 22.6 Å². The number of halogens is 1. The summed E-state index contributed by atoms with van der Waals surface area (Å²) in [6, 6.07) is 1.66. The summed E-state index contributed by atoms with van der Waals surface area (Å²) < 4.78 is 1.76. The van der Waals surface area contributed by atoms with Crippen molar-refractivity contribution < 1.29 is 5.11 Å². The second-order valence-electron chi connectivity index (χ2n) is 2.23. The highest BCUT2D eigenvalue weighted by Gasteiger charge is 2.10. The van der Waals surface area contributed by atoms with Crippen molar-refractivity contribution in [2.75, 3.05) is 0 Å². The molecule has 0 aliphatic carbocycles. The minimum absolute atomic E-state index is 0.204. The Labute approximate surface area is 82.2 Å². The molecule has 12 heavy (non-hydrogen) atoms. The van der Waals surface area contributed by atoms with E-state index < -0.39 is 5.56 Å². The lowest BCUT2D eigenvalue weighted by molar-refractivity contribution is 0.466. The first-order valence-electron chi connectivity index (χ1n) is 3.06. The van der Waals surface area contributed by atoms with Crippen LogP contribution in [0.1, 0.15) is 5.56 Å². The SMILES string of the molecule is Cn1cc(I)c(O)c(C#N)c1=O. The second kappa shape index (κ2) is 3.15. The van der Waals surface area contributed by atoms with Gasteiger partial charge in [0, 0.05) is 13.2 Å². The van der Waals surface area contributed by atoms with E-state index in [2.05, 4.69) is 0 Å². The van der Waals surface area contributed by atoms with E-state index in [1.807, 2.05) is 22.6 Å². The largest absolute Gasteiger partial charge is 0.505 e. The van der Waals surface area contributed by atoms with Gasteiger partial charge in [0.05, 0.1) is 3.57 Å². The third-order valence-electron chi connectivity index (χ3n) is 1.42. The van der Waals surface area contributed by atoms with E-state index in [1.165, 1.54) is 17.8 Å². The zero-order valence-corrected chi connectivity index (χ0v) is 8.36. The summed E-state index contributed by atoms with van der Waals surface area (Å²) in [4.78, 5) is 11.1. The van der Waals surface area contributed by atoms with Gasteiger partial charge in [-0.15, -0.1) is 0 Å². The van der Waals surface area contributed by atoms with Crippen molar-refractivity contribution in [2.24, 2.45) is 7.05 Å². The molecule has 1 rings (SSSR count). The average Bonchev–Trinajstić information content (AvgIpc) is 2.02. The molecule has 1 heterocycles. The van der Waals surface area contributed by atoms with Crippen LogP contribution in [0.4, 0.5) is 0 Å². The molecule has 0 aliphatic rings. The van der Waals surface area contributed by atoms with Crippen LogP contribution in [-0.2, 0) is 7.05 Å². The Kier molecular flexibility index (Phi) is 2.38. The van der Waals surface area contributed by atoms with Crippen LogP contribution in [0.3, 0.4) is 0 Å². The standard InChI is InChI=1S/C7H5IN2O2/c1-10-3-5(8)6(11)4(2-9)7(10)12/h3,11H,1H3. The van der Waals surface area contributed by atoms with Crippen LogP contribution in [0, 0.1) is 14.9 Å². The monoisotopic (exact) mass is 276 g/mol. The van der Waals surface area contributed by atoms with Gasteiger partial charge in [0.25, 0.3) is 5.56 Å². The number of nitriles is 1. The van der Waals surface area contributed by atoms with Crippen LogP contribution in [0.5, 0.6) is 5.75 Å². The molecule has 1 aromatic heterocycles. The highest BCUT2D eigenvalue weighted by Crippen LogP contribution is 2.19. The van der Waals surface area contributed by atoms with Gasteiger partial charge in [0.1, 0.15) is 6.07 Å². The third-order valence-corrected chi connectivity index (χ3v) is 2.21. The first-order chi connectivity index (χ1) is 5.57. The molecule has 5 heteroatoms. The molecule has 0 aromatic carbocycles. The number of aromatic nitrogens is 1. The van der Waals surface area contributed by atoms with Crippen LogP contribution in [0.2, 0.25) is 0 Å². The Morgan fingerprint density at radius 2 is 2.33 bits per heavy atom. The molecule has 0 atom stereocenters. The molecule has 0 unspecified atom stereocenters. The van der Waals surface area contributed by atoms with Crippen molar-refractivity contribution in [1.82, 2.24) is 4.57 Å². The third kappa shape index (κ3) is 1.30. The fourth-order valence-corrected chi connectivity index (χ4v) is 1.48. The summed E-state index contributed by atoms with van der Waals surface area (Å²) in [6.07, 6.45) is 1.47. The van der Waals surface area contributed by atoms with E-state index in [0.717, 1.165) is 0 Å². The van der Waals surface area contributed by atoms with E-state index in [0.29, 0.717) is 3.57 Å². The average molecular weight is 276 g/mol. The fourth-order valence-electron chi connectivity index (χ4n) is 0.788. The van der Waals surface area contributed by atoms with Crippen LogP contribution in [-0.4, -0.2) is 9.67 Å². The fraction of sp³-hybridized carbons (Fsp3) is 0.143. The second-order valence-corrected chi connectivity index (χ2v) is 3.39. The minimum Gasteiger partial charge on any atom is -0.505 e. The Bertz CT molecular complexity index is 417. The Morgan fingerprint density at radius 1 is 1.75 bits per heavy atom. The molecule has 0 fully saturated rings. The Hall–Kier alpha value is -1.03. The molecular formula is C7H5IN2O2. The summed E-state index contributed by atoms with van der Waals surface area (Å²) in [5, 5.41) is 17.8. The van der Waals surface area contributed by atoms with Crippen molar-refractivity contribution >= 4 is 22.6 Å². The van der Waals surface area contributed by atoms with E-state index in [1.54, 1.807) is 6.07 Å². The quantitative estimate of drug-likeness (QED) is 0.704. The molecule has 0 radical (unpaired) electrons. The molecule has 4 nitrogen and oxygen atoms in total.